The second-order valence-corrected chi connectivity index (χ2v) is 4.75. The number of benzene rings is 1. The van der Waals surface area contributed by atoms with E-state index in [1.165, 1.54) is 12.1 Å². The van der Waals surface area contributed by atoms with Crippen molar-refractivity contribution in [1.82, 2.24) is 0 Å². The molecule has 0 radical (unpaired) electrons. The van der Waals surface area contributed by atoms with Crippen LogP contribution in [0, 0.1) is 12.3 Å². The zero-order valence-electron chi connectivity index (χ0n) is 19.4. The second kappa shape index (κ2) is 4.55. The lowest BCUT2D eigenvalue weighted by Crippen LogP contribution is -2.18. The third kappa shape index (κ3) is 3.94. The van der Waals surface area contributed by atoms with Crippen molar-refractivity contribution in [1.29, 1.82) is 0 Å². The molecule has 0 saturated carbocycles. The van der Waals surface area contributed by atoms with Gasteiger partial charge in [0, 0.05) is 12.3 Å². The SMILES string of the molecule is [2H]C([2H])([2H])C(C([2H])([2H])[2H])(C([2H])([2H])[2H])C([2H])([2H])OS(=O)(=O)c1ccc(C)cc1. The Morgan fingerprint density at radius 1 is 1.31 bits per heavy atom. The van der Waals surface area contributed by atoms with Crippen LogP contribution in [0.5, 0.6) is 0 Å². The molecular formula is C12H18O3S. The van der Waals surface area contributed by atoms with Crippen molar-refractivity contribution >= 4 is 10.1 Å². The van der Waals surface area contributed by atoms with Crippen LogP contribution in [0.2, 0.25) is 0 Å². The molecule has 0 fully saturated rings. The summed E-state index contributed by atoms with van der Waals surface area (Å²) in [5, 5.41) is 0. The average Bonchev–Trinajstić information content (AvgIpc) is 2.31. The van der Waals surface area contributed by atoms with Gasteiger partial charge in [-0.2, -0.15) is 8.42 Å². The van der Waals surface area contributed by atoms with Gasteiger partial charge in [0.15, 0.2) is 0 Å². The monoisotopic (exact) mass is 253 g/mol. The normalized spacial score (nSPS) is 26.2. The molecule has 0 heterocycles. The molecule has 1 aromatic rings. The predicted molar refractivity (Wildman–Crippen MR) is 63.8 cm³/mol. The van der Waals surface area contributed by atoms with Crippen LogP contribution in [0.15, 0.2) is 29.2 Å². The van der Waals surface area contributed by atoms with Crippen LogP contribution in [0.4, 0.5) is 0 Å². The van der Waals surface area contributed by atoms with Crippen molar-refractivity contribution in [2.24, 2.45) is 5.41 Å². The molecule has 0 aliphatic carbocycles. The minimum absolute atomic E-state index is 0.590. The fourth-order valence-electron chi connectivity index (χ4n) is 0.870. The smallest absolute Gasteiger partial charge is 0.266 e. The molecule has 0 spiro atoms. The summed E-state index contributed by atoms with van der Waals surface area (Å²) in [5.74, 6) is 0. The maximum atomic E-state index is 12.4. The highest BCUT2D eigenvalue weighted by molar-refractivity contribution is 7.86. The van der Waals surface area contributed by atoms with E-state index < -0.39 is 47.5 Å². The maximum Gasteiger partial charge on any atom is 0.296 e. The van der Waals surface area contributed by atoms with Crippen molar-refractivity contribution in [3.63, 3.8) is 0 Å². The van der Waals surface area contributed by atoms with Gasteiger partial charge in [0.25, 0.3) is 10.1 Å². The zero-order chi connectivity index (χ0) is 21.7. The van der Waals surface area contributed by atoms with Crippen molar-refractivity contribution in [2.75, 3.05) is 6.56 Å². The highest BCUT2D eigenvalue weighted by Gasteiger charge is 2.19. The Kier molecular flexibility index (Phi) is 1.26. The molecule has 0 unspecified atom stereocenters. The second-order valence-electron chi connectivity index (χ2n) is 3.20. The summed E-state index contributed by atoms with van der Waals surface area (Å²) in [6, 6.07) is 4.75. The highest BCUT2D eigenvalue weighted by atomic mass is 32.2. The highest BCUT2D eigenvalue weighted by Crippen LogP contribution is 2.19. The molecule has 1 aromatic carbocycles. The van der Waals surface area contributed by atoms with Gasteiger partial charge in [-0.05, 0) is 24.5 Å². The topological polar surface area (TPSA) is 43.4 Å². The predicted octanol–water partition coefficient (Wildman–Crippen LogP) is 2.75. The summed E-state index contributed by atoms with van der Waals surface area (Å²) in [4.78, 5) is -0.590. The fraction of sp³-hybridized carbons (Fsp3) is 0.500. The molecule has 90 valence electrons. The molecule has 4 heteroatoms. The molecule has 16 heavy (non-hydrogen) atoms. The van der Waals surface area contributed by atoms with E-state index in [1.807, 2.05) is 0 Å². The standard InChI is InChI=1S/C12H18O3S/c1-10-5-7-11(8-6-10)16(13,14)15-9-12(2,3)4/h5-8H,9H2,1-4H3/i2D3,3D3,4D3,9D2. The van der Waals surface area contributed by atoms with E-state index in [-0.39, 0.29) is 0 Å². The zero-order valence-corrected chi connectivity index (χ0v) is 9.26. The first-order valence-electron chi connectivity index (χ1n) is 9.73. The molecule has 0 aromatic heterocycles. The maximum absolute atomic E-state index is 12.4. The van der Waals surface area contributed by atoms with Gasteiger partial charge in [0.2, 0.25) is 0 Å². The van der Waals surface area contributed by atoms with E-state index in [4.69, 9.17) is 15.1 Å². The van der Waals surface area contributed by atoms with Gasteiger partial charge in [-0.25, -0.2) is 0 Å². The minimum Gasteiger partial charge on any atom is -0.266 e. The van der Waals surface area contributed by atoms with E-state index in [9.17, 15) is 8.42 Å². The molecule has 0 N–H and O–H groups in total. The van der Waals surface area contributed by atoms with Crippen LogP contribution in [0.3, 0.4) is 0 Å². The first kappa shape index (κ1) is 4.42. The summed E-state index contributed by atoms with van der Waals surface area (Å²) in [6.07, 6.45) is 0. The summed E-state index contributed by atoms with van der Waals surface area (Å²) >= 11 is 0. The van der Waals surface area contributed by atoms with E-state index in [0.29, 0.717) is 5.56 Å². The summed E-state index contributed by atoms with van der Waals surface area (Å²) in [6.45, 7) is -14.4. The van der Waals surface area contributed by atoms with Crippen molar-refractivity contribution in [3.05, 3.63) is 29.8 Å². The van der Waals surface area contributed by atoms with Gasteiger partial charge in [-0.15, -0.1) is 0 Å². The van der Waals surface area contributed by atoms with E-state index >= 15 is 0 Å². The van der Waals surface area contributed by atoms with Crippen molar-refractivity contribution in [2.45, 2.75) is 32.4 Å². The molecule has 0 aliphatic heterocycles. The first-order chi connectivity index (χ1) is 11.7. The Labute approximate surface area is 113 Å². The molecule has 0 saturated heterocycles. The van der Waals surface area contributed by atoms with Crippen LogP contribution in [0.25, 0.3) is 0 Å². The summed E-state index contributed by atoms with van der Waals surface area (Å²) < 4.78 is 112. The Bertz CT molecular complexity index is 737. The van der Waals surface area contributed by atoms with Gasteiger partial charge < -0.3 is 0 Å². The molecule has 1 rings (SSSR count). The Morgan fingerprint density at radius 3 is 2.38 bits per heavy atom. The van der Waals surface area contributed by atoms with Crippen LogP contribution in [-0.2, 0) is 14.3 Å². The average molecular weight is 253 g/mol. The van der Waals surface area contributed by atoms with Gasteiger partial charge >= 0.3 is 0 Å². The summed E-state index contributed by atoms with van der Waals surface area (Å²) in [7, 11) is -5.02. The largest absolute Gasteiger partial charge is 0.296 e. The molecule has 0 aliphatic rings. The van der Waals surface area contributed by atoms with Crippen molar-refractivity contribution < 1.29 is 27.7 Å². The molecule has 0 atom stereocenters. The Morgan fingerprint density at radius 2 is 1.88 bits per heavy atom. The van der Waals surface area contributed by atoms with Crippen LogP contribution >= 0.6 is 0 Å². The van der Waals surface area contributed by atoms with Crippen LogP contribution in [-0.4, -0.2) is 15.0 Å². The van der Waals surface area contributed by atoms with E-state index in [1.54, 1.807) is 6.92 Å². The Hall–Kier alpha value is -0.870. The third-order valence-corrected chi connectivity index (χ3v) is 2.77. The lowest BCUT2D eigenvalue weighted by molar-refractivity contribution is 0.203. The van der Waals surface area contributed by atoms with Crippen LogP contribution in [0.1, 0.15) is 41.2 Å². The molecule has 0 bridgehead atoms. The van der Waals surface area contributed by atoms with Crippen molar-refractivity contribution in [3.8, 4) is 0 Å². The number of hydrogen-bond donors (Lipinski definition) is 0. The number of rotatable bonds is 3. The minimum atomic E-state index is -5.02. The first-order valence-corrected chi connectivity index (χ1v) is 5.64. The molecule has 0 amide bonds. The lowest BCUT2D eigenvalue weighted by atomic mass is 9.99. The van der Waals surface area contributed by atoms with Gasteiger partial charge in [0.1, 0.15) is 0 Å². The Balaban J connectivity index is 3.69. The summed E-state index contributed by atoms with van der Waals surface area (Å²) in [5.41, 5.74) is -3.48. The van der Waals surface area contributed by atoms with E-state index in [2.05, 4.69) is 4.18 Å². The van der Waals surface area contributed by atoms with Crippen LogP contribution < -0.4 is 0 Å². The molecular weight excluding hydrogens is 224 g/mol. The van der Waals surface area contributed by atoms with Gasteiger partial charge in [-0.3, -0.25) is 4.18 Å². The van der Waals surface area contributed by atoms with E-state index in [0.717, 1.165) is 12.1 Å². The van der Waals surface area contributed by atoms with Gasteiger partial charge in [-0.1, -0.05) is 38.3 Å². The number of aryl methyl sites for hydroxylation is 1. The number of hydrogen-bond acceptors (Lipinski definition) is 3. The molecule has 3 nitrogen and oxygen atoms in total. The lowest BCUT2D eigenvalue weighted by Gasteiger charge is -2.17. The quantitative estimate of drug-likeness (QED) is 0.778. The third-order valence-electron chi connectivity index (χ3n) is 1.61. The van der Waals surface area contributed by atoms with Gasteiger partial charge in [0.05, 0.1) is 14.2 Å². The fourth-order valence-corrected chi connectivity index (χ4v) is 1.67.